The van der Waals surface area contributed by atoms with Crippen LogP contribution in [0.25, 0.3) is 0 Å². The zero-order valence-corrected chi connectivity index (χ0v) is 11.1. The van der Waals surface area contributed by atoms with E-state index < -0.39 is 18.1 Å². The van der Waals surface area contributed by atoms with E-state index in [0.29, 0.717) is 13.0 Å². The Morgan fingerprint density at radius 3 is 2.72 bits per heavy atom. The maximum atomic E-state index is 11.8. The number of nitrogens with two attached hydrogens (primary N) is 1. The van der Waals surface area contributed by atoms with E-state index >= 15 is 0 Å². The van der Waals surface area contributed by atoms with Gasteiger partial charge in [-0.05, 0) is 19.3 Å². The molecule has 1 heterocycles. The van der Waals surface area contributed by atoms with E-state index in [0.717, 1.165) is 38.5 Å². The maximum Gasteiger partial charge on any atom is 0.249 e. The van der Waals surface area contributed by atoms with Crippen molar-refractivity contribution >= 4 is 11.8 Å². The molecule has 0 bridgehead atoms. The molecule has 1 rings (SSSR count). The summed E-state index contributed by atoms with van der Waals surface area (Å²) in [5.41, 5.74) is 5.30. The second-order valence-corrected chi connectivity index (χ2v) is 4.81. The van der Waals surface area contributed by atoms with Gasteiger partial charge in [0.2, 0.25) is 11.8 Å². The Morgan fingerprint density at radius 2 is 2.17 bits per heavy atom. The van der Waals surface area contributed by atoms with Gasteiger partial charge in [-0.15, -0.1) is 0 Å². The van der Waals surface area contributed by atoms with Crippen LogP contribution in [-0.4, -0.2) is 30.6 Å². The molecular formula is C13H24N2O3. The molecule has 0 spiro atoms. The Morgan fingerprint density at radius 1 is 1.39 bits per heavy atom. The summed E-state index contributed by atoms with van der Waals surface area (Å²) in [4.78, 5) is 23.1. The number of hydrogen-bond acceptors (Lipinski definition) is 3. The molecule has 5 nitrogen and oxygen atoms in total. The summed E-state index contributed by atoms with van der Waals surface area (Å²) >= 11 is 0. The van der Waals surface area contributed by atoms with E-state index in [4.69, 9.17) is 10.5 Å². The van der Waals surface area contributed by atoms with Crippen LogP contribution >= 0.6 is 0 Å². The van der Waals surface area contributed by atoms with Crippen LogP contribution in [0.1, 0.15) is 51.9 Å². The van der Waals surface area contributed by atoms with Gasteiger partial charge in [0.25, 0.3) is 0 Å². The topological polar surface area (TPSA) is 81.4 Å². The van der Waals surface area contributed by atoms with Crippen molar-refractivity contribution in [1.29, 1.82) is 0 Å². The number of ether oxygens (including phenoxy) is 1. The smallest absolute Gasteiger partial charge is 0.249 e. The number of hydrogen-bond donors (Lipinski definition) is 2. The summed E-state index contributed by atoms with van der Waals surface area (Å²) in [6, 6.07) is -0.557. The molecule has 2 amide bonds. The average molecular weight is 256 g/mol. The van der Waals surface area contributed by atoms with Crippen LogP contribution in [-0.2, 0) is 14.3 Å². The lowest BCUT2D eigenvalue weighted by atomic mass is 10.1. The Labute approximate surface area is 108 Å². The number of carbonyl (C=O) groups is 2. The quantitative estimate of drug-likeness (QED) is 0.638. The van der Waals surface area contributed by atoms with Gasteiger partial charge < -0.3 is 15.8 Å². The Hall–Kier alpha value is -1.10. The number of amides is 2. The van der Waals surface area contributed by atoms with Gasteiger partial charge in [-0.3, -0.25) is 9.59 Å². The molecule has 2 atom stereocenters. The van der Waals surface area contributed by atoms with Crippen LogP contribution in [0.15, 0.2) is 0 Å². The lowest BCUT2D eigenvalue weighted by molar-refractivity contribution is -0.133. The van der Waals surface area contributed by atoms with Crippen molar-refractivity contribution in [2.75, 3.05) is 6.61 Å². The zero-order valence-electron chi connectivity index (χ0n) is 11.1. The van der Waals surface area contributed by atoms with E-state index in [2.05, 4.69) is 12.2 Å². The molecule has 0 aromatic heterocycles. The van der Waals surface area contributed by atoms with Gasteiger partial charge in [-0.1, -0.05) is 32.6 Å². The molecule has 1 fully saturated rings. The first kappa shape index (κ1) is 15.0. The van der Waals surface area contributed by atoms with Crippen molar-refractivity contribution in [3.63, 3.8) is 0 Å². The minimum Gasteiger partial charge on any atom is -0.368 e. The second-order valence-electron chi connectivity index (χ2n) is 4.81. The molecular weight excluding hydrogens is 232 g/mol. The van der Waals surface area contributed by atoms with Crippen LogP contribution in [0, 0.1) is 0 Å². The Kier molecular flexibility index (Phi) is 6.72. The molecule has 5 heteroatoms. The third-order valence-corrected chi connectivity index (χ3v) is 3.23. The Bertz CT molecular complexity index is 275. The highest BCUT2D eigenvalue weighted by molar-refractivity contribution is 5.88. The van der Waals surface area contributed by atoms with E-state index in [1.165, 1.54) is 0 Å². The highest BCUT2D eigenvalue weighted by Crippen LogP contribution is 2.13. The summed E-state index contributed by atoms with van der Waals surface area (Å²) in [5, 5.41) is 2.70. The predicted molar refractivity (Wildman–Crippen MR) is 68.9 cm³/mol. The maximum absolute atomic E-state index is 11.8. The minimum atomic E-state index is -0.557. The summed E-state index contributed by atoms with van der Waals surface area (Å²) in [6.07, 6.45) is 6.11. The lowest BCUT2D eigenvalue weighted by Gasteiger charge is -2.17. The molecule has 104 valence electrons. The number of primary amides is 1. The van der Waals surface area contributed by atoms with E-state index in [9.17, 15) is 9.59 Å². The fourth-order valence-electron chi connectivity index (χ4n) is 2.11. The lowest BCUT2D eigenvalue weighted by Crippen LogP contribution is -2.47. The highest BCUT2D eigenvalue weighted by atomic mass is 16.5. The predicted octanol–water partition coefficient (Wildman–Crippen LogP) is 1.11. The standard InChI is InChI=1S/C13H24N2O3/c1-2-3-4-5-7-10(12(14)16)15-13(17)11-8-6-9-18-11/h10-11H,2-9H2,1H3,(H2,14,16)(H,15,17)/t10-,11-/m0/s1. The van der Waals surface area contributed by atoms with Gasteiger partial charge in [0.15, 0.2) is 0 Å². The van der Waals surface area contributed by atoms with Gasteiger partial charge in [-0.25, -0.2) is 0 Å². The van der Waals surface area contributed by atoms with Crippen molar-refractivity contribution < 1.29 is 14.3 Å². The van der Waals surface area contributed by atoms with Crippen LogP contribution < -0.4 is 11.1 Å². The molecule has 3 N–H and O–H groups in total. The molecule has 0 aromatic carbocycles. The molecule has 0 aliphatic carbocycles. The third kappa shape index (κ3) is 5.04. The Balaban J connectivity index is 2.32. The summed E-state index contributed by atoms with van der Waals surface area (Å²) < 4.78 is 5.27. The van der Waals surface area contributed by atoms with Crippen molar-refractivity contribution in [2.45, 2.75) is 64.0 Å². The van der Waals surface area contributed by atoms with Crippen molar-refractivity contribution in [2.24, 2.45) is 5.73 Å². The fraction of sp³-hybridized carbons (Fsp3) is 0.846. The molecule has 0 aromatic rings. The van der Waals surface area contributed by atoms with Gasteiger partial charge in [-0.2, -0.15) is 0 Å². The molecule has 0 radical (unpaired) electrons. The molecule has 0 saturated carbocycles. The second kappa shape index (κ2) is 8.08. The number of carbonyl (C=O) groups excluding carboxylic acids is 2. The molecule has 1 aliphatic heterocycles. The van der Waals surface area contributed by atoms with Gasteiger partial charge in [0.1, 0.15) is 12.1 Å². The first-order chi connectivity index (χ1) is 8.65. The highest BCUT2D eigenvalue weighted by Gasteiger charge is 2.27. The number of rotatable bonds is 8. The van der Waals surface area contributed by atoms with Gasteiger partial charge in [0.05, 0.1) is 0 Å². The molecule has 18 heavy (non-hydrogen) atoms. The zero-order chi connectivity index (χ0) is 13.4. The van der Waals surface area contributed by atoms with Crippen molar-refractivity contribution in [1.82, 2.24) is 5.32 Å². The van der Waals surface area contributed by atoms with Crippen LogP contribution in [0.2, 0.25) is 0 Å². The number of unbranched alkanes of at least 4 members (excludes halogenated alkanes) is 3. The monoisotopic (exact) mass is 256 g/mol. The molecule has 0 unspecified atom stereocenters. The van der Waals surface area contributed by atoms with Gasteiger partial charge in [0, 0.05) is 6.61 Å². The van der Waals surface area contributed by atoms with Crippen molar-refractivity contribution in [3.05, 3.63) is 0 Å². The van der Waals surface area contributed by atoms with E-state index in [-0.39, 0.29) is 5.91 Å². The summed E-state index contributed by atoms with van der Waals surface area (Å²) in [6.45, 7) is 2.75. The summed E-state index contributed by atoms with van der Waals surface area (Å²) in [7, 11) is 0. The van der Waals surface area contributed by atoms with E-state index in [1.807, 2.05) is 0 Å². The SMILES string of the molecule is CCCCCC[C@H](NC(=O)[C@@H]1CCCO1)C(N)=O. The number of nitrogens with one attached hydrogen (secondary N) is 1. The first-order valence-electron chi connectivity index (χ1n) is 6.86. The fourth-order valence-corrected chi connectivity index (χ4v) is 2.11. The molecule has 1 aliphatic rings. The first-order valence-corrected chi connectivity index (χ1v) is 6.86. The summed E-state index contributed by atoms with van der Waals surface area (Å²) in [5.74, 6) is -0.662. The third-order valence-electron chi connectivity index (χ3n) is 3.23. The largest absolute Gasteiger partial charge is 0.368 e. The van der Waals surface area contributed by atoms with Crippen LogP contribution in [0.4, 0.5) is 0 Å². The van der Waals surface area contributed by atoms with Crippen molar-refractivity contribution in [3.8, 4) is 0 Å². The van der Waals surface area contributed by atoms with Gasteiger partial charge >= 0.3 is 0 Å². The average Bonchev–Trinajstić information content (AvgIpc) is 2.86. The molecule has 1 saturated heterocycles. The normalized spacial score (nSPS) is 20.6. The van der Waals surface area contributed by atoms with Crippen LogP contribution in [0.5, 0.6) is 0 Å². The minimum absolute atomic E-state index is 0.202. The van der Waals surface area contributed by atoms with E-state index in [1.54, 1.807) is 0 Å². The van der Waals surface area contributed by atoms with Crippen LogP contribution in [0.3, 0.4) is 0 Å².